The predicted molar refractivity (Wildman–Crippen MR) is 55.7 cm³/mol. The fraction of sp³-hybridized carbons (Fsp3) is 0.778. The standard InChI is InChI=1S/C9H12F3NO3S/c10-9(11,12)5-17-3-6(14)13-4-8(1-2-8)7(15)16/h1-5H2,(H,13,14)(H,15,16). The van der Waals surface area contributed by atoms with Crippen molar-refractivity contribution in [1.82, 2.24) is 5.32 Å². The first-order valence-electron chi connectivity index (χ1n) is 4.90. The van der Waals surface area contributed by atoms with E-state index in [1.165, 1.54) is 0 Å². The van der Waals surface area contributed by atoms with Crippen LogP contribution in [0.25, 0.3) is 0 Å². The molecule has 0 saturated heterocycles. The zero-order chi connectivity index (χ0) is 13.1. The molecular weight excluding hydrogens is 259 g/mol. The first-order chi connectivity index (χ1) is 7.75. The monoisotopic (exact) mass is 271 g/mol. The molecule has 1 aliphatic carbocycles. The third-order valence-corrected chi connectivity index (χ3v) is 3.43. The number of amides is 1. The van der Waals surface area contributed by atoms with Crippen LogP contribution in [0.15, 0.2) is 0 Å². The van der Waals surface area contributed by atoms with Gasteiger partial charge in [-0.2, -0.15) is 13.2 Å². The van der Waals surface area contributed by atoms with E-state index in [4.69, 9.17) is 5.11 Å². The fourth-order valence-corrected chi connectivity index (χ4v) is 1.82. The van der Waals surface area contributed by atoms with E-state index in [2.05, 4.69) is 5.32 Å². The lowest BCUT2D eigenvalue weighted by Crippen LogP contribution is -2.35. The molecule has 0 unspecified atom stereocenters. The fourth-order valence-electron chi connectivity index (χ4n) is 1.20. The highest BCUT2D eigenvalue weighted by Crippen LogP contribution is 2.45. The normalized spacial score (nSPS) is 17.6. The smallest absolute Gasteiger partial charge is 0.397 e. The van der Waals surface area contributed by atoms with Gasteiger partial charge in [-0.15, -0.1) is 11.8 Å². The molecule has 98 valence electrons. The van der Waals surface area contributed by atoms with Crippen LogP contribution in [0.2, 0.25) is 0 Å². The summed E-state index contributed by atoms with van der Waals surface area (Å²) in [6.45, 7) is -0.00621. The Bertz CT molecular complexity index is 315. The molecule has 0 aromatic heterocycles. The average Bonchev–Trinajstić information content (AvgIpc) is 2.93. The summed E-state index contributed by atoms with van der Waals surface area (Å²) >= 11 is 0.463. The van der Waals surface area contributed by atoms with Gasteiger partial charge in [-0.1, -0.05) is 0 Å². The van der Waals surface area contributed by atoms with E-state index in [1.807, 2.05) is 0 Å². The third kappa shape index (κ3) is 4.84. The molecule has 1 aliphatic rings. The molecule has 0 radical (unpaired) electrons. The Balaban J connectivity index is 2.16. The molecule has 0 aromatic carbocycles. The van der Waals surface area contributed by atoms with Crippen molar-refractivity contribution >= 4 is 23.6 Å². The number of nitrogens with one attached hydrogen (secondary N) is 1. The van der Waals surface area contributed by atoms with Gasteiger partial charge < -0.3 is 10.4 Å². The Morgan fingerprint density at radius 3 is 2.35 bits per heavy atom. The van der Waals surface area contributed by atoms with E-state index >= 15 is 0 Å². The van der Waals surface area contributed by atoms with Crippen molar-refractivity contribution in [2.45, 2.75) is 19.0 Å². The van der Waals surface area contributed by atoms with Gasteiger partial charge in [0.15, 0.2) is 0 Å². The second-order valence-corrected chi connectivity index (χ2v) is 4.96. The Morgan fingerprint density at radius 1 is 1.35 bits per heavy atom. The van der Waals surface area contributed by atoms with Crippen LogP contribution in [-0.4, -0.2) is 41.2 Å². The van der Waals surface area contributed by atoms with Gasteiger partial charge in [0.2, 0.25) is 5.91 Å². The lowest BCUT2D eigenvalue weighted by Gasteiger charge is -2.11. The Morgan fingerprint density at radius 2 is 1.94 bits per heavy atom. The summed E-state index contributed by atoms with van der Waals surface area (Å²) in [5, 5.41) is 11.1. The maximum Gasteiger partial charge on any atom is 0.397 e. The number of carboxylic acid groups (broad SMARTS) is 1. The van der Waals surface area contributed by atoms with Crippen molar-refractivity contribution in [3.8, 4) is 0 Å². The summed E-state index contributed by atoms with van der Waals surface area (Å²) in [5.41, 5.74) is -0.885. The van der Waals surface area contributed by atoms with Crippen molar-refractivity contribution in [2.24, 2.45) is 5.41 Å². The summed E-state index contributed by atoms with van der Waals surface area (Å²) in [6, 6.07) is 0. The second kappa shape index (κ2) is 5.16. The minimum absolute atomic E-state index is 0.00621. The maximum atomic E-state index is 11.8. The number of halogens is 3. The molecule has 0 aliphatic heterocycles. The lowest BCUT2D eigenvalue weighted by atomic mass is 10.1. The van der Waals surface area contributed by atoms with E-state index in [-0.39, 0.29) is 12.3 Å². The minimum atomic E-state index is -4.29. The van der Waals surface area contributed by atoms with Crippen LogP contribution < -0.4 is 5.32 Å². The van der Waals surface area contributed by atoms with Crippen LogP contribution in [0.4, 0.5) is 13.2 Å². The second-order valence-electron chi connectivity index (χ2n) is 3.97. The minimum Gasteiger partial charge on any atom is -0.481 e. The van der Waals surface area contributed by atoms with Gasteiger partial charge in [0.05, 0.1) is 16.9 Å². The maximum absolute atomic E-state index is 11.8. The number of alkyl halides is 3. The van der Waals surface area contributed by atoms with Gasteiger partial charge >= 0.3 is 12.1 Å². The molecule has 1 amide bonds. The molecule has 1 saturated carbocycles. The average molecular weight is 271 g/mol. The number of hydrogen-bond acceptors (Lipinski definition) is 3. The molecule has 8 heteroatoms. The van der Waals surface area contributed by atoms with Gasteiger partial charge in [-0.3, -0.25) is 9.59 Å². The first kappa shape index (κ1) is 14.1. The van der Waals surface area contributed by atoms with Gasteiger partial charge in [-0.25, -0.2) is 0 Å². The van der Waals surface area contributed by atoms with Crippen LogP contribution >= 0.6 is 11.8 Å². The molecule has 0 bridgehead atoms. The highest BCUT2D eigenvalue weighted by atomic mass is 32.2. The quantitative estimate of drug-likeness (QED) is 0.763. The summed E-state index contributed by atoms with van der Waals surface area (Å²) in [7, 11) is 0. The first-order valence-corrected chi connectivity index (χ1v) is 6.05. The SMILES string of the molecule is O=C(CSCC(F)(F)F)NCC1(C(=O)O)CC1. The summed E-state index contributed by atoms with van der Waals surface area (Å²) < 4.78 is 35.3. The molecule has 17 heavy (non-hydrogen) atoms. The Labute approximate surface area is 99.9 Å². The number of carbonyl (C=O) groups is 2. The van der Waals surface area contributed by atoms with Crippen molar-refractivity contribution in [1.29, 1.82) is 0 Å². The van der Waals surface area contributed by atoms with Gasteiger partial charge in [0.1, 0.15) is 0 Å². The van der Waals surface area contributed by atoms with Gasteiger partial charge in [-0.05, 0) is 12.8 Å². The Hall–Kier alpha value is -0.920. The summed E-state index contributed by atoms with van der Waals surface area (Å²) in [6.07, 6.45) is -3.29. The van der Waals surface area contributed by atoms with Crippen LogP contribution in [0.1, 0.15) is 12.8 Å². The van der Waals surface area contributed by atoms with Crippen LogP contribution in [0, 0.1) is 5.41 Å². The topological polar surface area (TPSA) is 66.4 Å². The van der Waals surface area contributed by atoms with Crippen molar-refractivity contribution < 1.29 is 27.9 Å². The number of aliphatic carboxylic acids is 1. The van der Waals surface area contributed by atoms with Crippen molar-refractivity contribution in [2.75, 3.05) is 18.1 Å². The van der Waals surface area contributed by atoms with E-state index < -0.39 is 29.2 Å². The van der Waals surface area contributed by atoms with Crippen molar-refractivity contribution in [3.63, 3.8) is 0 Å². The molecule has 4 nitrogen and oxygen atoms in total. The van der Waals surface area contributed by atoms with Gasteiger partial charge in [0.25, 0.3) is 0 Å². The molecule has 0 spiro atoms. The van der Waals surface area contributed by atoms with Crippen LogP contribution in [-0.2, 0) is 9.59 Å². The third-order valence-electron chi connectivity index (χ3n) is 2.43. The molecule has 1 fully saturated rings. The van der Waals surface area contributed by atoms with Crippen LogP contribution in [0.5, 0.6) is 0 Å². The predicted octanol–water partition coefficient (Wildman–Crippen LogP) is 1.26. The molecule has 2 N–H and O–H groups in total. The molecular formula is C9H12F3NO3S. The summed E-state index contributed by atoms with van der Waals surface area (Å²) in [4.78, 5) is 21.9. The number of carboxylic acids is 1. The number of carbonyl (C=O) groups excluding carboxylic acids is 1. The van der Waals surface area contributed by atoms with Crippen molar-refractivity contribution in [3.05, 3.63) is 0 Å². The number of rotatable bonds is 6. The zero-order valence-electron chi connectivity index (χ0n) is 8.84. The number of hydrogen-bond donors (Lipinski definition) is 2. The Kier molecular flexibility index (Phi) is 4.29. The highest BCUT2D eigenvalue weighted by molar-refractivity contribution is 8.00. The van der Waals surface area contributed by atoms with E-state index in [0.717, 1.165) is 0 Å². The molecule has 0 atom stereocenters. The van der Waals surface area contributed by atoms with E-state index in [0.29, 0.717) is 24.6 Å². The lowest BCUT2D eigenvalue weighted by molar-refractivity contribution is -0.143. The van der Waals surface area contributed by atoms with Crippen LogP contribution in [0.3, 0.4) is 0 Å². The number of thioether (sulfide) groups is 1. The molecule has 0 heterocycles. The highest BCUT2D eigenvalue weighted by Gasteiger charge is 2.50. The van der Waals surface area contributed by atoms with E-state index in [1.54, 1.807) is 0 Å². The van der Waals surface area contributed by atoms with Gasteiger partial charge in [0, 0.05) is 6.54 Å². The molecule has 0 aromatic rings. The zero-order valence-corrected chi connectivity index (χ0v) is 9.66. The summed E-state index contributed by atoms with van der Waals surface area (Å²) in [5.74, 6) is -2.92. The molecule has 1 rings (SSSR count). The van der Waals surface area contributed by atoms with E-state index in [9.17, 15) is 22.8 Å². The largest absolute Gasteiger partial charge is 0.481 e.